The Kier molecular flexibility index (Phi) is 4.76. The molecule has 0 spiro atoms. The predicted molar refractivity (Wildman–Crippen MR) is 58.2 cm³/mol. The van der Waals surface area contributed by atoms with Crippen LogP contribution < -0.4 is 4.74 Å². The lowest BCUT2D eigenvalue weighted by Crippen LogP contribution is -2.19. The molecule has 0 fully saturated rings. The van der Waals surface area contributed by atoms with Crippen LogP contribution in [-0.4, -0.2) is 11.3 Å². The predicted octanol–water partition coefficient (Wildman–Crippen LogP) is 4.26. The number of ether oxygens (including phenoxy) is 1. The standard InChI is InChI=1S/C8H4ClF5INO/c9-1-3-2-16-7(17-8(12,13)14)4(5(3)15)6(10)11/h2,6H,1H2. The molecular weight excluding hydrogens is 383 g/mol. The Morgan fingerprint density at radius 3 is 2.41 bits per heavy atom. The average Bonchev–Trinajstić information content (AvgIpc) is 2.14. The zero-order chi connectivity index (χ0) is 13.2. The first-order chi connectivity index (χ1) is 7.76. The van der Waals surface area contributed by atoms with Gasteiger partial charge in [0.1, 0.15) is 0 Å². The van der Waals surface area contributed by atoms with Crippen molar-refractivity contribution in [2.45, 2.75) is 18.7 Å². The summed E-state index contributed by atoms with van der Waals surface area (Å²) in [6.45, 7) is 0. The second-order valence-corrected chi connectivity index (χ2v) is 4.14. The number of halogens is 7. The Morgan fingerprint density at radius 2 is 2.00 bits per heavy atom. The van der Waals surface area contributed by atoms with E-state index in [1.807, 2.05) is 0 Å². The summed E-state index contributed by atoms with van der Waals surface area (Å²) in [5.41, 5.74) is -0.682. The normalized spacial score (nSPS) is 12.0. The van der Waals surface area contributed by atoms with Gasteiger partial charge in [0.05, 0.1) is 5.56 Å². The van der Waals surface area contributed by atoms with E-state index in [-0.39, 0.29) is 15.0 Å². The van der Waals surface area contributed by atoms with E-state index in [9.17, 15) is 22.0 Å². The second kappa shape index (κ2) is 5.51. The van der Waals surface area contributed by atoms with Crippen molar-refractivity contribution in [1.29, 1.82) is 0 Å². The Hall–Kier alpha value is -0.380. The Bertz CT molecular complexity index is 412. The van der Waals surface area contributed by atoms with E-state index in [2.05, 4.69) is 9.72 Å². The van der Waals surface area contributed by atoms with Gasteiger partial charge in [-0.3, -0.25) is 0 Å². The summed E-state index contributed by atoms with van der Waals surface area (Å²) >= 11 is 6.92. The van der Waals surface area contributed by atoms with E-state index in [4.69, 9.17) is 11.6 Å². The molecule has 0 aromatic carbocycles. The lowest BCUT2D eigenvalue weighted by molar-refractivity contribution is -0.276. The van der Waals surface area contributed by atoms with Gasteiger partial charge in [0.15, 0.2) is 0 Å². The highest BCUT2D eigenvalue weighted by atomic mass is 127. The fourth-order valence-corrected chi connectivity index (χ4v) is 2.23. The molecule has 0 bridgehead atoms. The molecule has 17 heavy (non-hydrogen) atoms. The number of aromatic nitrogens is 1. The minimum absolute atomic E-state index is 0.0816. The molecule has 0 saturated carbocycles. The number of hydrogen-bond donors (Lipinski definition) is 0. The van der Waals surface area contributed by atoms with Crippen molar-refractivity contribution in [2.75, 3.05) is 0 Å². The molecule has 0 aliphatic carbocycles. The third-order valence-corrected chi connectivity index (χ3v) is 3.22. The Labute approximate surface area is 111 Å². The highest BCUT2D eigenvalue weighted by Crippen LogP contribution is 2.36. The summed E-state index contributed by atoms with van der Waals surface area (Å²) in [6.07, 6.45) is -7.22. The number of nitrogens with zero attached hydrogens (tertiary/aromatic N) is 1. The molecule has 0 radical (unpaired) electrons. The number of hydrogen-bond acceptors (Lipinski definition) is 2. The molecule has 1 heterocycles. The quantitative estimate of drug-likeness (QED) is 0.439. The number of pyridine rings is 1. The van der Waals surface area contributed by atoms with Gasteiger partial charge in [-0.2, -0.15) is 0 Å². The highest BCUT2D eigenvalue weighted by molar-refractivity contribution is 14.1. The summed E-state index contributed by atoms with van der Waals surface area (Å²) in [5, 5.41) is 0. The molecule has 0 amide bonds. The van der Waals surface area contributed by atoms with Crippen molar-refractivity contribution in [1.82, 2.24) is 4.98 Å². The van der Waals surface area contributed by atoms with Crippen LogP contribution in [0.25, 0.3) is 0 Å². The molecule has 0 atom stereocenters. The molecule has 2 nitrogen and oxygen atoms in total. The van der Waals surface area contributed by atoms with Gasteiger partial charge in [-0.1, -0.05) is 0 Å². The molecule has 0 unspecified atom stereocenters. The van der Waals surface area contributed by atoms with E-state index in [0.29, 0.717) is 0 Å². The molecule has 0 aliphatic heterocycles. The van der Waals surface area contributed by atoms with E-state index in [1.165, 1.54) is 22.6 Å². The van der Waals surface area contributed by atoms with Crippen molar-refractivity contribution < 1.29 is 26.7 Å². The van der Waals surface area contributed by atoms with Gasteiger partial charge >= 0.3 is 6.36 Å². The molecule has 1 rings (SSSR count). The van der Waals surface area contributed by atoms with Gasteiger partial charge in [-0.05, 0) is 28.2 Å². The van der Waals surface area contributed by atoms with E-state index >= 15 is 0 Å². The molecule has 9 heteroatoms. The van der Waals surface area contributed by atoms with Crippen LogP contribution in [0.1, 0.15) is 17.6 Å². The molecule has 1 aromatic heterocycles. The minimum atomic E-state index is -5.07. The first-order valence-corrected chi connectivity index (χ1v) is 5.64. The van der Waals surface area contributed by atoms with Crippen LogP contribution in [0.2, 0.25) is 0 Å². The van der Waals surface area contributed by atoms with Crippen LogP contribution >= 0.6 is 34.2 Å². The lowest BCUT2D eigenvalue weighted by atomic mass is 10.2. The van der Waals surface area contributed by atoms with Crippen molar-refractivity contribution in [3.63, 3.8) is 0 Å². The maximum Gasteiger partial charge on any atom is 0.574 e. The highest BCUT2D eigenvalue weighted by Gasteiger charge is 2.35. The third kappa shape index (κ3) is 3.80. The number of rotatable bonds is 3. The summed E-state index contributed by atoms with van der Waals surface area (Å²) in [5.74, 6) is -1.28. The average molecular weight is 387 g/mol. The third-order valence-electron chi connectivity index (χ3n) is 1.66. The summed E-state index contributed by atoms with van der Waals surface area (Å²) in [7, 11) is 0. The van der Waals surface area contributed by atoms with Crippen molar-refractivity contribution in [3.05, 3.63) is 20.9 Å². The zero-order valence-electron chi connectivity index (χ0n) is 7.86. The summed E-state index contributed by atoms with van der Waals surface area (Å²) in [4.78, 5) is 3.21. The summed E-state index contributed by atoms with van der Waals surface area (Å²) < 4.78 is 64.5. The van der Waals surface area contributed by atoms with Gasteiger partial charge < -0.3 is 4.74 Å². The van der Waals surface area contributed by atoms with E-state index < -0.39 is 24.2 Å². The first-order valence-electron chi connectivity index (χ1n) is 4.03. The lowest BCUT2D eigenvalue weighted by Gasteiger charge is -2.14. The topological polar surface area (TPSA) is 22.1 Å². The van der Waals surface area contributed by atoms with Crippen LogP contribution in [0.15, 0.2) is 6.20 Å². The van der Waals surface area contributed by atoms with Crippen LogP contribution in [-0.2, 0) is 5.88 Å². The van der Waals surface area contributed by atoms with Crippen LogP contribution in [0.3, 0.4) is 0 Å². The largest absolute Gasteiger partial charge is 0.574 e. The van der Waals surface area contributed by atoms with Crippen molar-refractivity contribution in [3.8, 4) is 5.88 Å². The van der Waals surface area contributed by atoms with E-state index in [1.54, 1.807) is 0 Å². The molecule has 1 aromatic rings. The molecule has 0 aliphatic rings. The van der Waals surface area contributed by atoms with E-state index in [0.717, 1.165) is 6.20 Å². The maximum absolute atomic E-state index is 12.6. The molecule has 96 valence electrons. The van der Waals surface area contributed by atoms with Gasteiger partial charge in [-0.15, -0.1) is 24.8 Å². The zero-order valence-corrected chi connectivity index (χ0v) is 10.8. The fraction of sp³-hybridized carbons (Fsp3) is 0.375. The summed E-state index contributed by atoms with van der Waals surface area (Å²) in [6, 6.07) is 0. The SMILES string of the molecule is FC(F)c1c(OC(F)(F)F)ncc(CCl)c1I. The molecular formula is C8H4ClF5INO. The van der Waals surface area contributed by atoms with Gasteiger partial charge in [-0.25, -0.2) is 13.8 Å². The number of alkyl halides is 6. The van der Waals surface area contributed by atoms with Crippen molar-refractivity contribution >= 4 is 34.2 Å². The second-order valence-electron chi connectivity index (χ2n) is 2.80. The van der Waals surface area contributed by atoms with Gasteiger partial charge in [0.2, 0.25) is 5.88 Å². The van der Waals surface area contributed by atoms with Gasteiger partial charge in [0.25, 0.3) is 6.43 Å². The maximum atomic E-state index is 12.6. The van der Waals surface area contributed by atoms with Crippen molar-refractivity contribution in [2.24, 2.45) is 0 Å². The Morgan fingerprint density at radius 1 is 1.41 bits per heavy atom. The smallest absolute Gasteiger partial charge is 0.387 e. The van der Waals surface area contributed by atoms with Crippen LogP contribution in [0, 0.1) is 3.57 Å². The van der Waals surface area contributed by atoms with Crippen LogP contribution in [0.5, 0.6) is 5.88 Å². The van der Waals surface area contributed by atoms with Gasteiger partial charge in [0, 0.05) is 15.6 Å². The molecule has 0 N–H and O–H groups in total. The Balaban J connectivity index is 3.27. The minimum Gasteiger partial charge on any atom is -0.387 e. The van der Waals surface area contributed by atoms with Crippen LogP contribution in [0.4, 0.5) is 22.0 Å². The first kappa shape index (κ1) is 14.7. The monoisotopic (exact) mass is 387 g/mol. The fourth-order valence-electron chi connectivity index (χ4n) is 1.00. The molecule has 0 saturated heterocycles.